The molecule has 18 heavy (non-hydrogen) atoms. The second-order valence-electron chi connectivity index (χ2n) is 4.12. The topological polar surface area (TPSA) is 37.8 Å². The van der Waals surface area contributed by atoms with Gasteiger partial charge in [0.1, 0.15) is 11.5 Å². The first-order valence-electron chi connectivity index (χ1n) is 6.09. The Hall–Kier alpha value is -1.17. The van der Waals surface area contributed by atoms with E-state index in [0.717, 1.165) is 31.6 Å². The van der Waals surface area contributed by atoms with E-state index in [9.17, 15) is 13.2 Å². The molecule has 0 radical (unpaired) electrons. The Morgan fingerprint density at radius 2 is 2.06 bits per heavy atom. The maximum Gasteiger partial charge on any atom is 0.433 e. The number of nitrogens with zero attached hydrogens (tertiary/aromatic N) is 2. The molecule has 1 aromatic heterocycles. The Morgan fingerprint density at radius 3 is 2.61 bits per heavy atom. The van der Waals surface area contributed by atoms with E-state index in [0.29, 0.717) is 6.42 Å². The Labute approximate surface area is 105 Å². The minimum atomic E-state index is -4.41. The third kappa shape index (κ3) is 4.60. The van der Waals surface area contributed by atoms with Gasteiger partial charge >= 0.3 is 6.18 Å². The lowest BCUT2D eigenvalue weighted by Crippen LogP contribution is -2.32. The molecular weight excluding hydrogens is 243 g/mol. The van der Waals surface area contributed by atoms with Crippen LogP contribution in [0.5, 0.6) is 0 Å². The van der Waals surface area contributed by atoms with Gasteiger partial charge in [-0.1, -0.05) is 13.8 Å². The van der Waals surface area contributed by atoms with E-state index in [1.165, 1.54) is 0 Å². The molecule has 1 heterocycles. The highest BCUT2D eigenvalue weighted by Gasteiger charge is 2.32. The molecule has 1 aromatic rings. The van der Waals surface area contributed by atoms with Crippen LogP contribution in [0.15, 0.2) is 12.3 Å². The average Bonchev–Trinajstić information content (AvgIpc) is 2.33. The van der Waals surface area contributed by atoms with Crippen LogP contribution < -0.4 is 5.32 Å². The van der Waals surface area contributed by atoms with Crippen molar-refractivity contribution in [3.05, 3.63) is 23.8 Å². The fourth-order valence-corrected chi connectivity index (χ4v) is 1.58. The molecule has 1 N–H and O–H groups in total. The second kappa shape index (κ2) is 6.68. The van der Waals surface area contributed by atoms with Gasteiger partial charge in [-0.3, -0.25) is 0 Å². The Kier molecular flexibility index (Phi) is 5.53. The fraction of sp³-hybridized carbons (Fsp3) is 0.667. The van der Waals surface area contributed by atoms with E-state index in [-0.39, 0.29) is 11.9 Å². The Morgan fingerprint density at radius 1 is 1.33 bits per heavy atom. The fourth-order valence-electron chi connectivity index (χ4n) is 1.58. The van der Waals surface area contributed by atoms with Gasteiger partial charge in [-0.05, 0) is 25.5 Å². The van der Waals surface area contributed by atoms with Crippen LogP contribution in [-0.4, -0.2) is 22.6 Å². The van der Waals surface area contributed by atoms with Crippen molar-refractivity contribution < 1.29 is 13.2 Å². The first-order valence-corrected chi connectivity index (χ1v) is 6.09. The molecule has 6 heteroatoms. The van der Waals surface area contributed by atoms with Crippen molar-refractivity contribution in [1.82, 2.24) is 15.3 Å². The van der Waals surface area contributed by atoms with Gasteiger partial charge in [0.05, 0.1) is 0 Å². The van der Waals surface area contributed by atoms with Crippen LogP contribution in [-0.2, 0) is 12.6 Å². The molecule has 3 nitrogen and oxygen atoms in total. The average molecular weight is 261 g/mol. The largest absolute Gasteiger partial charge is 0.433 e. The van der Waals surface area contributed by atoms with Gasteiger partial charge in [0, 0.05) is 18.7 Å². The third-order valence-electron chi connectivity index (χ3n) is 2.60. The number of halogens is 3. The molecule has 0 aliphatic carbocycles. The maximum atomic E-state index is 12.5. The van der Waals surface area contributed by atoms with E-state index in [1.807, 2.05) is 13.8 Å². The zero-order chi connectivity index (χ0) is 13.6. The van der Waals surface area contributed by atoms with Crippen molar-refractivity contribution in [2.45, 2.75) is 45.3 Å². The third-order valence-corrected chi connectivity index (χ3v) is 2.60. The Bertz CT molecular complexity index is 366. The smallest absolute Gasteiger partial charge is 0.314 e. The van der Waals surface area contributed by atoms with Gasteiger partial charge < -0.3 is 5.32 Å². The van der Waals surface area contributed by atoms with E-state index in [1.54, 1.807) is 0 Å². The van der Waals surface area contributed by atoms with Crippen LogP contribution in [0.4, 0.5) is 13.2 Å². The number of alkyl halides is 3. The van der Waals surface area contributed by atoms with E-state index < -0.39 is 11.9 Å². The highest BCUT2D eigenvalue weighted by atomic mass is 19.4. The van der Waals surface area contributed by atoms with Crippen LogP contribution >= 0.6 is 0 Å². The first kappa shape index (κ1) is 14.9. The van der Waals surface area contributed by atoms with Gasteiger partial charge in [0.2, 0.25) is 0 Å². The summed E-state index contributed by atoms with van der Waals surface area (Å²) >= 11 is 0. The zero-order valence-corrected chi connectivity index (χ0v) is 10.6. The van der Waals surface area contributed by atoms with Crippen molar-refractivity contribution in [2.24, 2.45) is 0 Å². The molecule has 0 aliphatic heterocycles. The lowest BCUT2D eigenvalue weighted by Gasteiger charge is -2.16. The minimum absolute atomic E-state index is 0.119. The summed E-state index contributed by atoms with van der Waals surface area (Å²) < 4.78 is 37.5. The van der Waals surface area contributed by atoms with Gasteiger partial charge in [-0.15, -0.1) is 0 Å². The molecule has 1 unspecified atom stereocenters. The highest BCUT2D eigenvalue weighted by molar-refractivity contribution is 5.06. The summed E-state index contributed by atoms with van der Waals surface area (Å²) in [6, 6.07) is 1.01. The summed E-state index contributed by atoms with van der Waals surface area (Å²) in [7, 11) is 0. The first-order chi connectivity index (χ1) is 8.47. The summed E-state index contributed by atoms with van der Waals surface area (Å²) in [5.41, 5.74) is -0.877. The second-order valence-corrected chi connectivity index (χ2v) is 4.12. The minimum Gasteiger partial charge on any atom is -0.314 e. The highest BCUT2D eigenvalue weighted by Crippen LogP contribution is 2.27. The number of hydrogen-bond acceptors (Lipinski definition) is 3. The van der Waals surface area contributed by atoms with Gasteiger partial charge in [0.15, 0.2) is 0 Å². The molecule has 0 saturated carbocycles. The monoisotopic (exact) mass is 261 g/mol. The SMILES string of the molecule is CCCNC(CC)Cc1nccc(C(F)(F)F)n1. The molecule has 0 aromatic carbocycles. The number of rotatable bonds is 6. The predicted molar refractivity (Wildman–Crippen MR) is 63.1 cm³/mol. The maximum absolute atomic E-state index is 12.5. The van der Waals surface area contributed by atoms with Crippen LogP contribution in [0.25, 0.3) is 0 Å². The molecule has 1 rings (SSSR count). The van der Waals surface area contributed by atoms with Crippen molar-refractivity contribution in [1.29, 1.82) is 0 Å². The molecule has 0 amide bonds. The van der Waals surface area contributed by atoms with Crippen LogP contribution in [0.3, 0.4) is 0 Å². The summed E-state index contributed by atoms with van der Waals surface area (Å²) in [5.74, 6) is 0.236. The molecule has 0 bridgehead atoms. The lowest BCUT2D eigenvalue weighted by molar-refractivity contribution is -0.141. The van der Waals surface area contributed by atoms with E-state index >= 15 is 0 Å². The van der Waals surface area contributed by atoms with Gasteiger partial charge in [0.25, 0.3) is 0 Å². The number of hydrogen-bond donors (Lipinski definition) is 1. The van der Waals surface area contributed by atoms with Crippen LogP contribution in [0, 0.1) is 0 Å². The normalized spacial score (nSPS) is 13.6. The number of aromatic nitrogens is 2. The molecule has 0 fully saturated rings. The van der Waals surface area contributed by atoms with Gasteiger partial charge in [-0.25, -0.2) is 9.97 Å². The molecule has 0 aliphatic rings. The summed E-state index contributed by atoms with van der Waals surface area (Å²) in [6.45, 7) is 4.87. The number of nitrogens with one attached hydrogen (secondary N) is 1. The van der Waals surface area contributed by atoms with Crippen molar-refractivity contribution in [3.8, 4) is 0 Å². The summed E-state index contributed by atoms with van der Waals surface area (Å²) in [4.78, 5) is 7.46. The Balaban J connectivity index is 2.71. The molecule has 102 valence electrons. The zero-order valence-electron chi connectivity index (χ0n) is 10.6. The van der Waals surface area contributed by atoms with Crippen molar-refractivity contribution in [2.75, 3.05) is 6.54 Å². The quantitative estimate of drug-likeness (QED) is 0.855. The molecular formula is C12H18F3N3. The van der Waals surface area contributed by atoms with Gasteiger partial charge in [-0.2, -0.15) is 13.2 Å². The van der Waals surface area contributed by atoms with E-state index in [2.05, 4.69) is 15.3 Å². The van der Waals surface area contributed by atoms with E-state index in [4.69, 9.17) is 0 Å². The molecule has 0 saturated heterocycles. The van der Waals surface area contributed by atoms with Crippen LogP contribution in [0.2, 0.25) is 0 Å². The molecule has 0 spiro atoms. The van der Waals surface area contributed by atoms with Crippen molar-refractivity contribution >= 4 is 0 Å². The molecule has 1 atom stereocenters. The standard InChI is InChI=1S/C12H18F3N3/c1-3-6-16-9(4-2)8-11-17-7-5-10(18-11)12(13,14)15/h5,7,9,16H,3-4,6,8H2,1-2H3. The lowest BCUT2D eigenvalue weighted by atomic mass is 10.1. The summed E-state index contributed by atoms with van der Waals surface area (Å²) in [5, 5.41) is 3.26. The van der Waals surface area contributed by atoms with Crippen molar-refractivity contribution in [3.63, 3.8) is 0 Å². The predicted octanol–water partition coefficient (Wildman–Crippen LogP) is 2.82. The summed E-state index contributed by atoms with van der Waals surface area (Å²) in [6.07, 6.45) is -1.01. The van der Waals surface area contributed by atoms with Crippen LogP contribution in [0.1, 0.15) is 38.2 Å².